The van der Waals surface area contributed by atoms with Gasteiger partial charge in [0.05, 0.1) is 12.2 Å². The molecule has 0 bridgehead atoms. The van der Waals surface area contributed by atoms with Crippen LogP contribution in [-0.2, 0) is 9.47 Å². The minimum Gasteiger partial charge on any atom is -0.374 e. The molecule has 0 saturated carbocycles. The Hall–Kier alpha value is -0.640. The average molecular weight is 604 g/mol. The van der Waals surface area contributed by atoms with Crippen LogP contribution in [0.25, 0.3) is 0 Å². The molecule has 254 valence electrons. The maximum atomic E-state index is 6.22. The summed E-state index contributed by atoms with van der Waals surface area (Å²) in [5, 5.41) is 3.47. The largest absolute Gasteiger partial charge is 0.374 e. The minimum atomic E-state index is 0.247. The van der Waals surface area contributed by atoms with Gasteiger partial charge in [-0.05, 0) is 64.2 Å². The number of rotatable bonds is 34. The van der Waals surface area contributed by atoms with Crippen molar-refractivity contribution in [2.45, 2.75) is 206 Å². The van der Waals surface area contributed by atoms with Gasteiger partial charge in [-0.15, -0.1) is 0 Å². The Balaban J connectivity index is 1.82. The van der Waals surface area contributed by atoms with E-state index in [-0.39, 0.29) is 12.2 Å². The lowest BCUT2D eigenvalue weighted by molar-refractivity contribution is -0.0481. The molecule has 3 heteroatoms. The fourth-order valence-corrected chi connectivity index (χ4v) is 6.13. The zero-order valence-electron chi connectivity index (χ0n) is 29.4. The first-order valence-electron chi connectivity index (χ1n) is 19.6. The molecule has 3 nitrogen and oxygen atoms in total. The Morgan fingerprint density at radius 1 is 0.395 bits per heavy atom. The Morgan fingerprint density at radius 2 is 0.674 bits per heavy atom. The van der Waals surface area contributed by atoms with Crippen molar-refractivity contribution < 1.29 is 9.47 Å². The zero-order chi connectivity index (χ0) is 30.7. The highest BCUT2D eigenvalue weighted by molar-refractivity contribution is 4.83. The lowest BCUT2D eigenvalue weighted by atomic mass is 10.1. The van der Waals surface area contributed by atoms with Crippen LogP contribution in [-0.4, -0.2) is 38.5 Å². The maximum absolute atomic E-state index is 6.22. The molecule has 1 heterocycles. The molecule has 1 N–H and O–H groups in total. The predicted molar refractivity (Wildman–Crippen MR) is 191 cm³/mol. The van der Waals surface area contributed by atoms with Crippen molar-refractivity contribution in [3.8, 4) is 0 Å². The van der Waals surface area contributed by atoms with E-state index in [0.29, 0.717) is 0 Å². The lowest BCUT2D eigenvalue weighted by Crippen LogP contribution is -2.30. The summed E-state index contributed by atoms with van der Waals surface area (Å²) in [5.41, 5.74) is 0. The number of hydrogen-bond acceptors (Lipinski definition) is 3. The van der Waals surface area contributed by atoms with Gasteiger partial charge in [0.2, 0.25) is 0 Å². The van der Waals surface area contributed by atoms with Gasteiger partial charge in [0, 0.05) is 26.3 Å². The normalized spacial score (nSPS) is 17.3. The van der Waals surface area contributed by atoms with Gasteiger partial charge < -0.3 is 14.8 Å². The van der Waals surface area contributed by atoms with Crippen LogP contribution in [0, 0.1) is 0 Å². The van der Waals surface area contributed by atoms with Gasteiger partial charge in [-0.3, -0.25) is 0 Å². The highest BCUT2D eigenvalue weighted by atomic mass is 16.5. The van der Waals surface area contributed by atoms with Crippen molar-refractivity contribution in [1.29, 1.82) is 0 Å². The van der Waals surface area contributed by atoms with Crippen molar-refractivity contribution >= 4 is 0 Å². The molecule has 1 saturated heterocycles. The maximum Gasteiger partial charge on any atom is 0.0973 e. The summed E-state index contributed by atoms with van der Waals surface area (Å²) in [6.45, 7) is 8.26. The second-order valence-electron chi connectivity index (χ2n) is 13.4. The third kappa shape index (κ3) is 28.6. The van der Waals surface area contributed by atoms with E-state index in [9.17, 15) is 0 Å². The molecule has 0 unspecified atom stereocenters. The average Bonchev–Trinajstić information content (AvgIpc) is 3.47. The molecule has 0 radical (unpaired) electrons. The molecular weight excluding hydrogens is 526 g/mol. The van der Waals surface area contributed by atoms with Crippen molar-refractivity contribution in [3.63, 3.8) is 0 Å². The zero-order valence-corrected chi connectivity index (χ0v) is 29.4. The first-order chi connectivity index (χ1) is 21.4. The summed E-state index contributed by atoms with van der Waals surface area (Å²) in [6, 6.07) is 0. The van der Waals surface area contributed by atoms with Gasteiger partial charge in [-0.25, -0.2) is 0 Å². The second kappa shape index (κ2) is 34.2. The van der Waals surface area contributed by atoms with Gasteiger partial charge in [-0.2, -0.15) is 0 Å². The number of hydrogen-bond donors (Lipinski definition) is 1. The van der Waals surface area contributed by atoms with E-state index < -0.39 is 0 Å². The Bertz CT molecular complexity index is 539. The van der Waals surface area contributed by atoms with Crippen LogP contribution in [0.3, 0.4) is 0 Å². The van der Waals surface area contributed by atoms with E-state index in [1.54, 1.807) is 0 Å². The quantitative estimate of drug-likeness (QED) is 0.0586. The van der Waals surface area contributed by atoms with Crippen molar-refractivity contribution in [3.05, 3.63) is 24.3 Å². The van der Waals surface area contributed by atoms with Gasteiger partial charge in [0.25, 0.3) is 0 Å². The molecule has 1 aliphatic rings. The standard InChI is InChI=1S/C40H77NO2/c1-3-5-7-9-11-13-15-17-19-21-23-25-27-29-31-33-35-42-39-37-41-38-40(39)43-36-34-32-30-28-26-24-22-20-18-16-14-12-10-8-6-4-2/h17-20,39-41H,3-16,21-38H2,1-2H3/b19-17-,20-18-/t39-,40-/m1/s1. The Morgan fingerprint density at radius 3 is 1.00 bits per heavy atom. The molecular formula is C40H77NO2. The van der Waals surface area contributed by atoms with Crippen molar-refractivity contribution in [2.75, 3.05) is 26.3 Å². The van der Waals surface area contributed by atoms with Crippen LogP contribution in [0.2, 0.25) is 0 Å². The van der Waals surface area contributed by atoms with E-state index in [1.807, 2.05) is 0 Å². The Kier molecular flexibility index (Phi) is 32.2. The fraction of sp³-hybridized carbons (Fsp3) is 0.900. The third-order valence-electron chi connectivity index (χ3n) is 9.08. The fourth-order valence-electron chi connectivity index (χ4n) is 6.13. The molecule has 43 heavy (non-hydrogen) atoms. The van der Waals surface area contributed by atoms with E-state index in [2.05, 4.69) is 43.5 Å². The molecule has 1 aliphatic heterocycles. The van der Waals surface area contributed by atoms with E-state index >= 15 is 0 Å². The Labute approximate surface area is 270 Å². The molecule has 0 aromatic rings. The van der Waals surface area contributed by atoms with Gasteiger partial charge >= 0.3 is 0 Å². The SMILES string of the molecule is CCCCCCCC/C=C\CCCCCCCCO[C@@H]1CNC[C@H]1OCCCCCCCC/C=C\CCCCCCCC. The summed E-state index contributed by atoms with van der Waals surface area (Å²) in [5.74, 6) is 0. The summed E-state index contributed by atoms with van der Waals surface area (Å²) in [6.07, 6.45) is 48.0. The van der Waals surface area contributed by atoms with Crippen LogP contribution in [0.5, 0.6) is 0 Å². The number of nitrogens with one attached hydrogen (secondary N) is 1. The van der Waals surface area contributed by atoms with E-state index in [4.69, 9.17) is 9.47 Å². The highest BCUT2D eigenvalue weighted by Crippen LogP contribution is 2.15. The van der Waals surface area contributed by atoms with Gasteiger partial charge in [0.15, 0.2) is 0 Å². The number of unbranched alkanes of at least 4 members (excludes halogenated alkanes) is 24. The topological polar surface area (TPSA) is 30.5 Å². The summed E-state index contributed by atoms with van der Waals surface area (Å²) in [7, 11) is 0. The van der Waals surface area contributed by atoms with E-state index in [1.165, 1.54) is 180 Å². The third-order valence-corrected chi connectivity index (χ3v) is 9.08. The van der Waals surface area contributed by atoms with Crippen LogP contribution in [0.1, 0.15) is 194 Å². The van der Waals surface area contributed by atoms with Crippen molar-refractivity contribution in [1.82, 2.24) is 5.32 Å². The van der Waals surface area contributed by atoms with Crippen molar-refractivity contribution in [2.24, 2.45) is 0 Å². The molecule has 1 fully saturated rings. The lowest BCUT2D eigenvalue weighted by Gasteiger charge is -2.20. The smallest absolute Gasteiger partial charge is 0.0973 e. The van der Waals surface area contributed by atoms with Crippen LogP contribution >= 0.6 is 0 Å². The number of ether oxygens (including phenoxy) is 2. The molecule has 0 aliphatic carbocycles. The first-order valence-corrected chi connectivity index (χ1v) is 19.6. The summed E-state index contributed by atoms with van der Waals surface area (Å²) < 4.78 is 12.4. The molecule has 0 spiro atoms. The minimum absolute atomic E-state index is 0.247. The molecule has 1 rings (SSSR count). The van der Waals surface area contributed by atoms with Gasteiger partial charge in [-0.1, -0.05) is 154 Å². The first kappa shape index (κ1) is 40.4. The molecule has 0 aromatic carbocycles. The van der Waals surface area contributed by atoms with Crippen LogP contribution in [0.15, 0.2) is 24.3 Å². The van der Waals surface area contributed by atoms with Gasteiger partial charge in [0.1, 0.15) is 0 Å². The van der Waals surface area contributed by atoms with E-state index in [0.717, 1.165) is 26.3 Å². The molecule has 0 aromatic heterocycles. The summed E-state index contributed by atoms with van der Waals surface area (Å²) >= 11 is 0. The highest BCUT2D eigenvalue weighted by Gasteiger charge is 2.28. The van der Waals surface area contributed by atoms with Crippen LogP contribution < -0.4 is 5.32 Å². The predicted octanol–water partition coefficient (Wildman–Crippen LogP) is 12.4. The molecule has 2 atom stereocenters. The second-order valence-corrected chi connectivity index (χ2v) is 13.4. The summed E-state index contributed by atoms with van der Waals surface area (Å²) in [4.78, 5) is 0. The number of allylic oxidation sites excluding steroid dienone is 4. The van der Waals surface area contributed by atoms with Crippen LogP contribution in [0.4, 0.5) is 0 Å². The monoisotopic (exact) mass is 604 g/mol. The molecule has 0 amide bonds.